The van der Waals surface area contributed by atoms with Gasteiger partial charge in [0.15, 0.2) is 12.4 Å². The van der Waals surface area contributed by atoms with Crippen LogP contribution in [0.3, 0.4) is 0 Å². The molecular weight excluding hydrogens is 1090 g/mol. The number of esters is 1. The third kappa shape index (κ3) is 50.2. The van der Waals surface area contributed by atoms with Crippen LogP contribution >= 0.6 is 0 Å². The van der Waals surface area contributed by atoms with Gasteiger partial charge in [-0.25, -0.2) is 0 Å². The second-order valence-corrected chi connectivity index (χ2v) is 24.9. The van der Waals surface area contributed by atoms with Crippen molar-refractivity contribution >= 4 is 11.9 Å². The maximum absolute atomic E-state index is 13.5. The summed E-state index contributed by atoms with van der Waals surface area (Å²) >= 11 is 0. The van der Waals surface area contributed by atoms with Crippen LogP contribution in [-0.4, -0.2) is 99.6 Å². The number of amides is 1. The second kappa shape index (κ2) is 63.0. The summed E-state index contributed by atoms with van der Waals surface area (Å²) in [6, 6.07) is -1.03. The number of hydrogen-bond acceptors (Lipinski definition) is 10. The summed E-state index contributed by atoms with van der Waals surface area (Å²) in [4.78, 5) is 26.7. The first-order valence-electron chi connectivity index (χ1n) is 36.4. The Labute approximate surface area is 533 Å². The smallest absolute Gasteiger partial charge is 0.306 e. The lowest BCUT2D eigenvalue weighted by atomic mass is 9.99. The molecule has 1 aliphatic heterocycles. The molecule has 0 aromatic carbocycles. The van der Waals surface area contributed by atoms with Crippen LogP contribution < -0.4 is 5.32 Å². The number of unbranched alkanes of at least 4 members (excludes halogenated alkanes) is 36. The number of aliphatic hydroxyl groups excluding tert-OH is 5. The average molecular weight is 1220 g/mol. The molecule has 8 atom stereocenters. The molecule has 0 radical (unpaired) electrons. The Balaban J connectivity index is 2.55. The summed E-state index contributed by atoms with van der Waals surface area (Å²) in [5, 5.41) is 57.2. The van der Waals surface area contributed by atoms with Crippen molar-refractivity contribution in [2.75, 3.05) is 13.2 Å². The summed E-state index contributed by atoms with van der Waals surface area (Å²) in [6.45, 7) is 5.70. The Kier molecular flexibility index (Phi) is 59.3. The molecule has 1 rings (SSSR count). The minimum atomic E-state index is -1.62. The first-order valence-corrected chi connectivity index (χ1v) is 36.4. The van der Waals surface area contributed by atoms with Gasteiger partial charge < -0.3 is 45.1 Å². The summed E-state index contributed by atoms with van der Waals surface area (Å²) < 4.78 is 17.7. The van der Waals surface area contributed by atoms with Crippen molar-refractivity contribution in [3.63, 3.8) is 0 Å². The van der Waals surface area contributed by atoms with E-state index in [9.17, 15) is 35.1 Å². The zero-order valence-electron chi connectivity index (χ0n) is 56.1. The number of rotatable bonds is 62. The molecule has 1 fully saturated rings. The SMILES string of the molecule is CC/C=C\C/C=C\C/C=C\C/C=C\C/C=C\CCCCCCCCCCC(O)C(=O)NC(COC1OC(CO)C(O)C(O)C1OC(=O)CCCCCCCCCCCCCCC/C=C/CCCCCCCC)C(O)/C=C/CCCCCCCCCCC. The van der Waals surface area contributed by atoms with E-state index in [2.05, 4.69) is 99.0 Å². The fourth-order valence-corrected chi connectivity index (χ4v) is 11.1. The Hall–Kier alpha value is -3.16. The van der Waals surface area contributed by atoms with Gasteiger partial charge in [0.1, 0.15) is 24.4 Å². The fraction of sp³-hybridized carbons (Fsp3) is 0.789. The van der Waals surface area contributed by atoms with Crippen LogP contribution in [0.4, 0.5) is 0 Å². The summed E-state index contributed by atoms with van der Waals surface area (Å²) in [7, 11) is 0. The van der Waals surface area contributed by atoms with Crippen molar-refractivity contribution in [3.05, 3.63) is 85.1 Å². The van der Waals surface area contributed by atoms with Crippen molar-refractivity contribution in [2.24, 2.45) is 0 Å². The molecule has 1 aliphatic rings. The first-order chi connectivity index (χ1) is 42.7. The molecule has 87 heavy (non-hydrogen) atoms. The van der Waals surface area contributed by atoms with Crippen LogP contribution in [0.2, 0.25) is 0 Å². The highest BCUT2D eigenvalue weighted by atomic mass is 16.7. The van der Waals surface area contributed by atoms with E-state index in [1.165, 1.54) is 180 Å². The number of hydrogen-bond donors (Lipinski definition) is 6. The largest absolute Gasteiger partial charge is 0.454 e. The predicted molar refractivity (Wildman–Crippen MR) is 366 cm³/mol. The average Bonchev–Trinajstić information content (AvgIpc) is 1.30. The van der Waals surface area contributed by atoms with Crippen LogP contribution in [-0.2, 0) is 23.8 Å². The molecule has 0 spiro atoms. The highest BCUT2D eigenvalue weighted by molar-refractivity contribution is 5.80. The van der Waals surface area contributed by atoms with Gasteiger partial charge in [-0.2, -0.15) is 0 Å². The van der Waals surface area contributed by atoms with Gasteiger partial charge in [-0.1, -0.05) is 305 Å². The third-order valence-corrected chi connectivity index (χ3v) is 16.8. The zero-order valence-corrected chi connectivity index (χ0v) is 56.1. The minimum Gasteiger partial charge on any atom is -0.454 e. The molecule has 0 aliphatic carbocycles. The van der Waals surface area contributed by atoms with Crippen molar-refractivity contribution in [1.29, 1.82) is 0 Å². The molecule has 8 unspecified atom stereocenters. The Bertz CT molecular complexity index is 1740. The topological polar surface area (TPSA) is 175 Å². The van der Waals surface area contributed by atoms with E-state index >= 15 is 0 Å². The molecule has 11 nitrogen and oxygen atoms in total. The highest BCUT2D eigenvalue weighted by Gasteiger charge is 2.47. The minimum absolute atomic E-state index is 0.122. The van der Waals surface area contributed by atoms with E-state index in [1.54, 1.807) is 6.08 Å². The predicted octanol–water partition coefficient (Wildman–Crippen LogP) is 18.8. The highest BCUT2D eigenvalue weighted by Crippen LogP contribution is 2.26. The first kappa shape index (κ1) is 81.9. The normalized spacial score (nSPS) is 18.7. The monoisotopic (exact) mass is 1220 g/mol. The number of allylic oxidation sites excluding steroid dienone is 13. The summed E-state index contributed by atoms with van der Waals surface area (Å²) in [6.07, 6.45) is 73.4. The molecule has 1 amide bonds. The molecule has 0 saturated carbocycles. The van der Waals surface area contributed by atoms with E-state index in [0.717, 1.165) is 96.3 Å². The molecule has 0 bridgehead atoms. The van der Waals surface area contributed by atoms with Crippen LogP contribution in [0.1, 0.15) is 323 Å². The quantitative estimate of drug-likeness (QED) is 0.0195. The van der Waals surface area contributed by atoms with E-state index in [4.69, 9.17) is 14.2 Å². The van der Waals surface area contributed by atoms with E-state index in [-0.39, 0.29) is 19.4 Å². The molecule has 6 N–H and O–H groups in total. The van der Waals surface area contributed by atoms with Crippen molar-refractivity contribution in [2.45, 2.75) is 372 Å². The lowest BCUT2D eigenvalue weighted by Gasteiger charge is -2.41. The van der Waals surface area contributed by atoms with Gasteiger partial charge in [-0.3, -0.25) is 9.59 Å². The summed E-state index contributed by atoms with van der Waals surface area (Å²) in [5.74, 6) is -1.20. The number of aliphatic hydroxyl groups is 5. The molecule has 504 valence electrons. The van der Waals surface area contributed by atoms with Crippen LogP contribution in [0.15, 0.2) is 85.1 Å². The Morgan fingerprint density at radius 1 is 0.460 bits per heavy atom. The zero-order chi connectivity index (χ0) is 63.1. The van der Waals surface area contributed by atoms with E-state index in [0.29, 0.717) is 12.8 Å². The van der Waals surface area contributed by atoms with Crippen molar-refractivity contribution in [3.8, 4) is 0 Å². The Morgan fingerprint density at radius 2 is 0.828 bits per heavy atom. The van der Waals surface area contributed by atoms with Crippen molar-refractivity contribution < 1.29 is 49.3 Å². The van der Waals surface area contributed by atoms with Gasteiger partial charge in [-0.15, -0.1) is 0 Å². The lowest BCUT2D eigenvalue weighted by Crippen LogP contribution is -2.61. The lowest BCUT2D eigenvalue weighted by molar-refractivity contribution is -0.305. The number of carbonyl (C=O) groups is 2. The van der Waals surface area contributed by atoms with Crippen LogP contribution in [0.5, 0.6) is 0 Å². The molecule has 1 heterocycles. The maximum atomic E-state index is 13.5. The third-order valence-electron chi connectivity index (χ3n) is 16.8. The second-order valence-electron chi connectivity index (χ2n) is 24.9. The van der Waals surface area contributed by atoms with Gasteiger partial charge in [0, 0.05) is 6.42 Å². The number of carbonyl (C=O) groups excluding carboxylic acids is 2. The molecule has 1 saturated heterocycles. The van der Waals surface area contributed by atoms with Gasteiger partial charge in [0.05, 0.1) is 25.4 Å². The van der Waals surface area contributed by atoms with Crippen LogP contribution in [0.25, 0.3) is 0 Å². The fourth-order valence-electron chi connectivity index (χ4n) is 11.1. The van der Waals surface area contributed by atoms with Gasteiger partial charge in [0.2, 0.25) is 5.91 Å². The van der Waals surface area contributed by atoms with Gasteiger partial charge in [-0.05, 0) is 96.3 Å². The number of nitrogens with one attached hydrogen (secondary N) is 1. The maximum Gasteiger partial charge on any atom is 0.306 e. The molecule has 0 aromatic heterocycles. The van der Waals surface area contributed by atoms with E-state index < -0.39 is 67.4 Å². The summed E-state index contributed by atoms with van der Waals surface area (Å²) in [5.41, 5.74) is 0. The van der Waals surface area contributed by atoms with E-state index in [1.807, 2.05) is 6.08 Å². The number of ether oxygens (including phenoxy) is 3. The standard InChI is InChI=1S/C76H135NO10/c1-4-7-10-13-16-19-22-24-26-28-30-32-34-36-37-39-41-43-45-48-51-54-57-60-63-69(80)75(84)77-67(68(79)62-59-56-53-50-47-21-18-15-12-9-6-3)66-85-76-74(73(83)72(82)70(65-78)86-76)87-71(81)64-61-58-55-52-49-46-44-42-40-38-35-33-31-29-27-25-23-20-17-14-11-8-5-2/h7,10,16,19,24-27,30,32,36-37,59,62,67-70,72-74,76,78-80,82-83H,4-6,8-9,11-15,17-18,20-23,28-29,31,33-35,38-58,60-61,63-66H2,1-3H3,(H,77,84)/b10-7-,19-16-,26-24-,27-25+,32-30-,37-36-,62-59+. The van der Waals surface area contributed by atoms with Gasteiger partial charge >= 0.3 is 5.97 Å². The van der Waals surface area contributed by atoms with Crippen molar-refractivity contribution in [1.82, 2.24) is 5.32 Å². The molecule has 0 aromatic rings. The van der Waals surface area contributed by atoms with Gasteiger partial charge in [0.25, 0.3) is 0 Å². The Morgan fingerprint density at radius 3 is 1.25 bits per heavy atom. The molecular formula is C76H135NO10. The van der Waals surface area contributed by atoms with Crippen LogP contribution in [0, 0.1) is 0 Å². The molecule has 11 heteroatoms.